The van der Waals surface area contributed by atoms with Crippen LogP contribution in [0.4, 0.5) is 22.7 Å². The number of aliphatic imine (C=N–C) groups is 1. The van der Waals surface area contributed by atoms with Crippen molar-refractivity contribution in [1.29, 1.82) is 0 Å². The van der Waals surface area contributed by atoms with E-state index in [1.54, 1.807) is 23.1 Å². The van der Waals surface area contributed by atoms with Crippen LogP contribution in [0.3, 0.4) is 0 Å². The minimum atomic E-state index is -1.15. The van der Waals surface area contributed by atoms with Crippen molar-refractivity contribution < 1.29 is 18.9 Å². The first-order chi connectivity index (χ1) is 25.0. The third kappa shape index (κ3) is 7.48. The molecule has 0 bridgehead atoms. The highest BCUT2D eigenvalue weighted by Crippen LogP contribution is 2.40. The molecule has 1 aromatic heterocycles. The Balaban J connectivity index is 0.838. The molecule has 3 fully saturated rings. The van der Waals surface area contributed by atoms with Crippen LogP contribution in [0.15, 0.2) is 115 Å². The first-order valence-electron chi connectivity index (χ1n) is 17.0. The number of aromatic nitrogens is 3. The second kappa shape index (κ2) is 14.8. The summed E-state index contributed by atoms with van der Waals surface area (Å²) in [7, 11) is 0. The van der Waals surface area contributed by atoms with Crippen molar-refractivity contribution in [1.82, 2.24) is 14.8 Å². The lowest BCUT2D eigenvalue weighted by Gasteiger charge is -2.37. The zero-order chi connectivity index (χ0) is 34.6. The van der Waals surface area contributed by atoms with E-state index in [1.165, 1.54) is 12.0 Å². The van der Waals surface area contributed by atoms with Gasteiger partial charge in [-0.1, -0.05) is 47.5 Å². The van der Waals surface area contributed by atoms with Gasteiger partial charge in [0.25, 0.3) is 6.02 Å². The first kappa shape index (κ1) is 33.3. The summed E-state index contributed by atoms with van der Waals surface area (Å²) >= 11 is 12.8. The third-order valence-electron chi connectivity index (χ3n) is 9.24. The number of piperazine rings is 1. The molecule has 2 unspecified atom stereocenters. The molecule has 11 nitrogen and oxygen atoms in total. The molecule has 0 amide bonds. The third-order valence-corrected chi connectivity index (χ3v) is 9.79. The summed E-state index contributed by atoms with van der Waals surface area (Å²) < 4.78 is 26.4. The highest BCUT2D eigenvalue weighted by Gasteiger charge is 2.45. The SMILES string of the molecule is Clc1ccc(C2(Cn3cncn3)OCC(COc3ccc(N4CCN(c5ccc(/N=C6\OCCN6c6ccccc6)cc5)CC4)cc3)O2)c(Cl)c1. The fraction of sp³-hybridized carbons (Fsp3) is 0.289. The number of benzene rings is 4. The van der Waals surface area contributed by atoms with E-state index in [9.17, 15) is 0 Å². The van der Waals surface area contributed by atoms with E-state index in [4.69, 9.17) is 47.1 Å². The molecule has 13 heteroatoms. The van der Waals surface area contributed by atoms with Crippen LogP contribution in [0.5, 0.6) is 5.75 Å². The van der Waals surface area contributed by atoms with Crippen LogP contribution in [-0.4, -0.2) is 79.4 Å². The lowest BCUT2D eigenvalue weighted by Crippen LogP contribution is -2.46. The highest BCUT2D eigenvalue weighted by atomic mass is 35.5. The van der Waals surface area contributed by atoms with Gasteiger partial charge in [0, 0.05) is 53.8 Å². The van der Waals surface area contributed by atoms with Crippen molar-refractivity contribution in [3.05, 3.63) is 125 Å². The Kier molecular flexibility index (Phi) is 9.68. The summed E-state index contributed by atoms with van der Waals surface area (Å²) in [6.07, 6.45) is 2.76. The summed E-state index contributed by atoms with van der Waals surface area (Å²) in [6.45, 7) is 6.01. The highest BCUT2D eigenvalue weighted by molar-refractivity contribution is 6.35. The number of anilines is 3. The zero-order valence-corrected chi connectivity index (χ0v) is 29.4. The second-order valence-electron chi connectivity index (χ2n) is 12.5. The standard InChI is InChI=1S/C38H37Cl2N7O4/c39-28-6-15-35(36(40)22-28)38(25-46-27-41-26-42-46)50-24-34(51-38)23-49-33-13-11-31(12-14-33)45-18-16-44(17-19-45)30-9-7-29(8-10-30)43-37-47(20-21-48-37)32-4-2-1-3-5-32/h1-15,22,26-27,34H,16-21,23-25H2/b43-37-. The Bertz CT molecular complexity index is 1940. The van der Waals surface area contributed by atoms with Crippen LogP contribution >= 0.6 is 23.2 Å². The Morgan fingerprint density at radius 1 is 0.824 bits per heavy atom. The van der Waals surface area contributed by atoms with Crippen LogP contribution in [-0.2, 0) is 26.5 Å². The fourth-order valence-electron chi connectivity index (χ4n) is 6.64. The van der Waals surface area contributed by atoms with Gasteiger partial charge in [-0.05, 0) is 72.8 Å². The average Bonchev–Trinajstić information content (AvgIpc) is 3.95. The smallest absolute Gasteiger partial charge is 0.297 e. The number of nitrogens with zero attached hydrogens (tertiary/aromatic N) is 7. The lowest BCUT2D eigenvalue weighted by molar-refractivity contribution is -0.190. The van der Waals surface area contributed by atoms with Crippen LogP contribution in [0, 0.1) is 0 Å². The van der Waals surface area contributed by atoms with Crippen molar-refractivity contribution in [2.24, 2.45) is 4.99 Å². The molecule has 4 heterocycles. The monoisotopic (exact) mass is 725 g/mol. The molecular formula is C38H37Cl2N7O4. The lowest BCUT2D eigenvalue weighted by atomic mass is 10.1. The number of rotatable bonds is 10. The molecule has 3 aliphatic heterocycles. The van der Waals surface area contributed by atoms with Crippen LogP contribution in [0.1, 0.15) is 5.56 Å². The molecule has 2 atom stereocenters. The van der Waals surface area contributed by atoms with Gasteiger partial charge in [-0.2, -0.15) is 10.1 Å². The van der Waals surface area contributed by atoms with Gasteiger partial charge in [-0.3, -0.25) is 4.90 Å². The topological polar surface area (TPSA) is 89.7 Å². The second-order valence-corrected chi connectivity index (χ2v) is 13.4. The summed E-state index contributed by atoms with van der Waals surface area (Å²) in [4.78, 5) is 15.8. The Labute approximate surface area is 306 Å². The predicted molar refractivity (Wildman–Crippen MR) is 199 cm³/mol. The van der Waals surface area contributed by atoms with E-state index in [-0.39, 0.29) is 12.6 Å². The number of para-hydroxylation sites is 1. The zero-order valence-electron chi connectivity index (χ0n) is 27.9. The van der Waals surface area contributed by atoms with E-state index in [0.717, 1.165) is 55.5 Å². The quantitative estimate of drug-likeness (QED) is 0.155. The number of hydrogen-bond donors (Lipinski definition) is 0. The van der Waals surface area contributed by atoms with Crippen molar-refractivity contribution in [3.63, 3.8) is 0 Å². The average molecular weight is 727 g/mol. The first-order valence-corrected chi connectivity index (χ1v) is 17.7. The molecule has 0 radical (unpaired) electrons. The molecule has 262 valence electrons. The number of ether oxygens (including phenoxy) is 4. The van der Waals surface area contributed by atoms with Crippen molar-refractivity contribution in [2.45, 2.75) is 18.4 Å². The Morgan fingerprint density at radius 3 is 2.24 bits per heavy atom. The maximum atomic E-state index is 6.59. The normalized spacial score (nSPS) is 21.3. The van der Waals surface area contributed by atoms with Crippen molar-refractivity contribution in [2.75, 3.05) is 67.2 Å². The number of hydrogen-bond acceptors (Lipinski definition) is 9. The maximum Gasteiger partial charge on any atom is 0.297 e. The van der Waals surface area contributed by atoms with Gasteiger partial charge in [-0.25, -0.2) is 9.67 Å². The van der Waals surface area contributed by atoms with E-state index in [2.05, 4.69) is 73.3 Å². The van der Waals surface area contributed by atoms with Gasteiger partial charge in [0.2, 0.25) is 5.79 Å². The summed E-state index contributed by atoms with van der Waals surface area (Å²) in [6, 6.07) is 32.8. The van der Waals surface area contributed by atoms with Crippen molar-refractivity contribution >= 4 is 52.0 Å². The van der Waals surface area contributed by atoms with E-state index in [1.807, 2.05) is 36.4 Å². The Hall–Kier alpha value is -4.81. The van der Waals surface area contributed by atoms with E-state index in [0.29, 0.717) is 41.5 Å². The summed E-state index contributed by atoms with van der Waals surface area (Å²) in [5.41, 5.74) is 4.99. The van der Waals surface area contributed by atoms with Crippen LogP contribution in [0.2, 0.25) is 10.0 Å². The van der Waals surface area contributed by atoms with E-state index >= 15 is 0 Å². The van der Waals surface area contributed by atoms with Gasteiger partial charge < -0.3 is 28.7 Å². The molecule has 51 heavy (non-hydrogen) atoms. The number of amidine groups is 1. The van der Waals surface area contributed by atoms with Gasteiger partial charge in [-0.15, -0.1) is 0 Å². The molecule has 8 rings (SSSR count). The molecule has 0 spiro atoms. The van der Waals surface area contributed by atoms with Gasteiger partial charge in [0.15, 0.2) is 0 Å². The van der Waals surface area contributed by atoms with E-state index < -0.39 is 5.79 Å². The molecule has 3 saturated heterocycles. The molecule has 3 aliphatic rings. The van der Waals surface area contributed by atoms with Crippen molar-refractivity contribution in [3.8, 4) is 5.75 Å². The molecule has 0 saturated carbocycles. The minimum absolute atomic E-state index is 0.275. The Morgan fingerprint density at radius 2 is 1.55 bits per heavy atom. The predicted octanol–water partition coefficient (Wildman–Crippen LogP) is 6.78. The maximum absolute atomic E-state index is 6.59. The number of halogens is 2. The fourth-order valence-corrected chi connectivity index (χ4v) is 7.19. The molecule has 5 aromatic rings. The van der Waals surface area contributed by atoms with Crippen LogP contribution < -0.4 is 19.4 Å². The summed E-state index contributed by atoms with van der Waals surface area (Å²) in [5.74, 6) is -0.390. The molecule has 0 aliphatic carbocycles. The minimum Gasteiger partial charge on any atom is -0.491 e. The molecule has 0 N–H and O–H groups in total. The largest absolute Gasteiger partial charge is 0.491 e. The van der Waals surface area contributed by atoms with Gasteiger partial charge in [0.05, 0.1) is 23.9 Å². The molecular weight excluding hydrogens is 689 g/mol. The summed E-state index contributed by atoms with van der Waals surface area (Å²) in [5, 5.41) is 5.23. The molecule has 4 aromatic carbocycles. The van der Waals surface area contributed by atoms with Gasteiger partial charge >= 0.3 is 0 Å². The van der Waals surface area contributed by atoms with Gasteiger partial charge in [0.1, 0.15) is 44.3 Å². The van der Waals surface area contributed by atoms with Crippen LogP contribution in [0.25, 0.3) is 0 Å².